The maximum atomic E-state index is 10.7. The largest absolute Gasteiger partial charge is 0.741 e. The summed E-state index contributed by atoms with van der Waals surface area (Å²) in [5, 5.41) is 0. The van der Waals surface area contributed by atoms with E-state index in [1.54, 1.807) is 11.8 Å². The third-order valence-electron chi connectivity index (χ3n) is 1.07. The quantitative estimate of drug-likeness (QED) is 0.280. The lowest BCUT2D eigenvalue weighted by atomic mass is 10.9. The summed E-state index contributed by atoms with van der Waals surface area (Å²) in [6.45, 7) is 0. The van der Waals surface area contributed by atoms with Crippen LogP contribution in [0.25, 0.3) is 0 Å². The zero-order valence-corrected chi connectivity index (χ0v) is 9.48. The summed E-state index contributed by atoms with van der Waals surface area (Å²) in [5.74, 6) is 5.68. The molecular formula is C5H9F3O3S3. The fourth-order valence-electron chi connectivity index (χ4n) is 0.472. The first-order valence-electron chi connectivity index (χ1n) is 3.48. The van der Waals surface area contributed by atoms with Crippen LogP contribution in [-0.4, -0.2) is 41.5 Å². The molecule has 1 aliphatic rings. The molecule has 1 heterocycles. The second kappa shape index (κ2) is 6.09. The molecule has 9 heteroatoms. The minimum Gasteiger partial charge on any atom is -0.741 e. The Bertz CT molecular complexity index is 233. The van der Waals surface area contributed by atoms with Gasteiger partial charge in [0, 0.05) is 11.5 Å². The molecule has 0 bridgehead atoms. The summed E-state index contributed by atoms with van der Waals surface area (Å²) in [6, 6.07) is 0. The molecule has 1 aliphatic heterocycles. The molecule has 1 saturated heterocycles. The van der Waals surface area contributed by atoms with Crippen LogP contribution in [0.1, 0.15) is 0 Å². The Balaban J connectivity index is 0.000000249. The zero-order valence-electron chi connectivity index (χ0n) is 6.95. The number of halogens is 3. The van der Waals surface area contributed by atoms with Crippen LogP contribution in [0, 0.1) is 0 Å². The second-order valence-corrected chi connectivity index (χ2v) is 6.12. The van der Waals surface area contributed by atoms with Gasteiger partial charge in [0.05, 0.1) is 0 Å². The van der Waals surface area contributed by atoms with Crippen LogP contribution in [0.5, 0.6) is 0 Å². The Morgan fingerprint density at radius 3 is 1.64 bits per heavy atom. The van der Waals surface area contributed by atoms with Gasteiger partial charge in [-0.05, 0) is 11.8 Å². The lowest BCUT2D eigenvalue weighted by Gasteiger charge is -2.08. The van der Waals surface area contributed by atoms with Crippen LogP contribution in [0.2, 0.25) is 0 Å². The Hall–Kier alpha value is 0.400. The number of rotatable bonds is 0. The third kappa shape index (κ3) is 6.80. The number of hydrogen-bond donors (Lipinski definition) is 0. The number of hydrogen-bond acceptors (Lipinski definition) is 4. The van der Waals surface area contributed by atoms with Crippen LogP contribution in [0.4, 0.5) is 13.2 Å². The van der Waals surface area contributed by atoms with Crippen molar-refractivity contribution in [2.45, 2.75) is 5.51 Å². The molecule has 0 aromatic rings. The number of thiol groups is 1. The molecule has 0 spiro atoms. The van der Waals surface area contributed by atoms with Gasteiger partial charge in [0.25, 0.3) is 0 Å². The molecule has 1 fully saturated rings. The summed E-state index contributed by atoms with van der Waals surface area (Å²) >= 11 is 3.77. The van der Waals surface area contributed by atoms with E-state index in [0.717, 1.165) is 0 Å². The molecule has 0 saturated carbocycles. The smallest absolute Gasteiger partial charge is 0.485 e. The highest BCUT2D eigenvalue weighted by molar-refractivity contribution is 8.01. The van der Waals surface area contributed by atoms with Gasteiger partial charge in [-0.15, -0.1) is 0 Å². The van der Waals surface area contributed by atoms with Gasteiger partial charge in [-0.25, -0.2) is 8.42 Å². The summed E-state index contributed by atoms with van der Waals surface area (Å²) < 4.78 is 58.9. The van der Waals surface area contributed by atoms with Crippen LogP contribution < -0.4 is 0 Å². The Morgan fingerprint density at radius 1 is 1.21 bits per heavy atom. The first kappa shape index (κ1) is 14.4. The highest BCUT2D eigenvalue weighted by Gasteiger charge is 2.36. The van der Waals surface area contributed by atoms with Gasteiger partial charge in [-0.2, -0.15) is 24.9 Å². The zero-order chi connectivity index (χ0) is 11.2. The Kier molecular flexibility index (Phi) is 6.26. The van der Waals surface area contributed by atoms with E-state index in [1.807, 2.05) is 0 Å². The van der Waals surface area contributed by atoms with Gasteiger partial charge >= 0.3 is 5.51 Å². The van der Waals surface area contributed by atoms with Crippen molar-refractivity contribution in [3.05, 3.63) is 0 Å². The molecule has 14 heavy (non-hydrogen) atoms. The SMILES string of the molecule is C1C[SH+]CCS1.O=S(=O)([O-])C(F)(F)F. The standard InChI is InChI=1S/C4H8S2.CHF3O3S/c1-2-6-4-3-5-1;2-1(3,4)8(5,6)7/h1-4H2;(H,5,6,7). The molecule has 0 N–H and O–H groups in total. The maximum Gasteiger partial charge on any atom is 0.485 e. The van der Waals surface area contributed by atoms with Crippen molar-refractivity contribution < 1.29 is 26.1 Å². The van der Waals surface area contributed by atoms with Crippen molar-refractivity contribution in [2.24, 2.45) is 0 Å². The third-order valence-corrected chi connectivity index (χ3v) is 4.31. The molecule has 3 nitrogen and oxygen atoms in total. The summed E-state index contributed by atoms with van der Waals surface area (Å²) in [5.41, 5.74) is -5.65. The van der Waals surface area contributed by atoms with E-state index >= 15 is 0 Å². The fraction of sp³-hybridized carbons (Fsp3) is 1.00. The van der Waals surface area contributed by atoms with E-state index in [1.165, 1.54) is 23.0 Å². The molecule has 86 valence electrons. The molecular weight excluding hydrogens is 261 g/mol. The van der Waals surface area contributed by atoms with Crippen molar-refractivity contribution in [2.75, 3.05) is 23.0 Å². The predicted molar refractivity (Wildman–Crippen MR) is 51.6 cm³/mol. The van der Waals surface area contributed by atoms with E-state index in [-0.39, 0.29) is 0 Å². The maximum absolute atomic E-state index is 10.7. The molecule has 1 rings (SSSR count). The Morgan fingerprint density at radius 2 is 1.57 bits per heavy atom. The van der Waals surface area contributed by atoms with Crippen LogP contribution in [0.3, 0.4) is 0 Å². The van der Waals surface area contributed by atoms with Crippen molar-refractivity contribution >= 4 is 33.6 Å². The minimum atomic E-state index is -6.09. The fourth-order valence-corrected chi connectivity index (χ4v) is 2.97. The highest BCUT2D eigenvalue weighted by atomic mass is 32.2. The highest BCUT2D eigenvalue weighted by Crippen LogP contribution is 2.20. The average Bonchev–Trinajstić information content (AvgIpc) is 2.05. The van der Waals surface area contributed by atoms with Crippen molar-refractivity contribution in [3.63, 3.8) is 0 Å². The van der Waals surface area contributed by atoms with Gasteiger partial charge in [0.15, 0.2) is 10.1 Å². The second-order valence-electron chi connectivity index (χ2n) is 2.18. The van der Waals surface area contributed by atoms with Crippen LogP contribution in [-0.2, 0) is 21.9 Å². The van der Waals surface area contributed by atoms with Crippen molar-refractivity contribution in [1.82, 2.24) is 0 Å². The van der Waals surface area contributed by atoms with Gasteiger partial charge in [-0.3, -0.25) is 0 Å². The molecule has 0 atom stereocenters. The average molecular weight is 270 g/mol. The van der Waals surface area contributed by atoms with E-state index in [2.05, 4.69) is 11.8 Å². The molecule has 0 radical (unpaired) electrons. The van der Waals surface area contributed by atoms with E-state index < -0.39 is 15.6 Å². The van der Waals surface area contributed by atoms with Gasteiger partial charge < -0.3 is 4.55 Å². The van der Waals surface area contributed by atoms with E-state index in [4.69, 9.17) is 13.0 Å². The minimum absolute atomic E-state index is 1.40. The molecule has 0 unspecified atom stereocenters. The lowest BCUT2D eigenvalue weighted by Crippen LogP contribution is -2.21. The normalized spacial score (nSPS) is 18.3. The Labute approximate surface area is 88.6 Å². The first-order chi connectivity index (χ1) is 6.25. The van der Waals surface area contributed by atoms with Gasteiger partial charge in [0.1, 0.15) is 11.5 Å². The topological polar surface area (TPSA) is 57.2 Å². The number of alkyl halides is 3. The van der Waals surface area contributed by atoms with Crippen molar-refractivity contribution in [1.29, 1.82) is 0 Å². The van der Waals surface area contributed by atoms with E-state index in [9.17, 15) is 13.2 Å². The number of thioether (sulfide) groups is 1. The molecule has 0 aliphatic carbocycles. The van der Waals surface area contributed by atoms with Gasteiger partial charge in [0.2, 0.25) is 0 Å². The summed E-state index contributed by atoms with van der Waals surface area (Å²) in [6.07, 6.45) is 0. The molecule has 0 aromatic carbocycles. The van der Waals surface area contributed by atoms with Crippen LogP contribution in [0.15, 0.2) is 0 Å². The molecule has 0 aromatic heterocycles. The van der Waals surface area contributed by atoms with Gasteiger partial charge in [-0.1, -0.05) is 0 Å². The summed E-state index contributed by atoms with van der Waals surface area (Å²) in [7, 11) is -6.09. The monoisotopic (exact) mass is 270 g/mol. The van der Waals surface area contributed by atoms with Crippen molar-refractivity contribution in [3.8, 4) is 0 Å². The van der Waals surface area contributed by atoms with E-state index in [0.29, 0.717) is 0 Å². The first-order valence-corrected chi connectivity index (χ1v) is 7.31. The lowest BCUT2D eigenvalue weighted by molar-refractivity contribution is -0.0517. The predicted octanol–water partition coefficient (Wildman–Crippen LogP) is 0.600. The summed E-state index contributed by atoms with van der Waals surface area (Å²) in [4.78, 5) is 0. The van der Waals surface area contributed by atoms with Crippen LogP contribution >= 0.6 is 11.8 Å². The molecule has 0 amide bonds.